The Morgan fingerprint density at radius 1 is 0.923 bits per heavy atom. The summed E-state index contributed by atoms with van der Waals surface area (Å²) in [5.41, 5.74) is 5.28. The van der Waals surface area contributed by atoms with Crippen molar-refractivity contribution in [3.05, 3.63) is 0 Å². The highest BCUT2D eigenvalue weighted by molar-refractivity contribution is 5.84. The van der Waals surface area contributed by atoms with Gasteiger partial charge in [-0.2, -0.15) is 0 Å². The average molecular weight is 378 g/mol. The molecule has 0 aromatic heterocycles. The van der Waals surface area contributed by atoms with E-state index in [1.807, 2.05) is 6.92 Å². The molecule has 0 saturated heterocycles. The molecule has 4 N–H and O–H groups in total. The number of carbonyl (C=O) groups is 2. The van der Waals surface area contributed by atoms with Crippen molar-refractivity contribution in [2.75, 3.05) is 59.4 Å². The number of unbranched alkanes of at least 4 members (excludes halogenated alkanes) is 2. The maximum atomic E-state index is 11.7. The van der Waals surface area contributed by atoms with Gasteiger partial charge in [-0.05, 0) is 6.42 Å². The van der Waals surface area contributed by atoms with Gasteiger partial charge in [0.1, 0.15) is 12.6 Å². The zero-order chi connectivity index (χ0) is 19.5. The van der Waals surface area contributed by atoms with Crippen molar-refractivity contribution in [1.82, 2.24) is 5.32 Å². The van der Waals surface area contributed by atoms with Crippen molar-refractivity contribution in [3.8, 4) is 0 Å². The molecule has 0 aliphatic heterocycles. The van der Waals surface area contributed by atoms with Crippen LogP contribution in [0.4, 0.5) is 0 Å². The average Bonchev–Trinajstić information content (AvgIpc) is 2.61. The molecule has 0 aromatic rings. The van der Waals surface area contributed by atoms with Gasteiger partial charge in [-0.25, -0.2) is 4.79 Å². The third kappa shape index (κ3) is 16.2. The molecule has 1 atom stereocenters. The monoisotopic (exact) mass is 378 g/mol. The van der Waals surface area contributed by atoms with E-state index in [4.69, 9.17) is 29.8 Å². The number of hydrogen-bond acceptors (Lipinski definition) is 7. The van der Waals surface area contributed by atoms with Crippen LogP contribution in [0.1, 0.15) is 32.6 Å². The number of carboxylic acid groups (broad SMARTS) is 1. The number of nitrogens with two attached hydrogens (primary N) is 1. The molecule has 0 spiro atoms. The summed E-state index contributed by atoms with van der Waals surface area (Å²) >= 11 is 0. The summed E-state index contributed by atoms with van der Waals surface area (Å²) in [6.07, 6.45) is 3.13. The van der Waals surface area contributed by atoms with Gasteiger partial charge in [0.25, 0.3) is 0 Å². The Morgan fingerprint density at radius 3 is 1.96 bits per heavy atom. The lowest BCUT2D eigenvalue weighted by Crippen LogP contribution is -2.42. The minimum absolute atomic E-state index is 0.185. The number of amides is 1. The van der Waals surface area contributed by atoms with Crippen LogP contribution in [0.5, 0.6) is 0 Å². The molecular weight excluding hydrogens is 344 g/mol. The molecule has 0 radical (unpaired) electrons. The summed E-state index contributed by atoms with van der Waals surface area (Å²) in [4.78, 5) is 22.8. The van der Waals surface area contributed by atoms with E-state index in [0.717, 1.165) is 19.3 Å². The first kappa shape index (κ1) is 24.7. The number of aliphatic carboxylic acids is 1. The Morgan fingerprint density at radius 2 is 1.46 bits per heavy atom. The van der Waals surface area contributed by atoms with E-state index in [1.165, 1.54) is 0 Å². The molecule has 0 rings (SSSR count). The van der Waals surface area contributed by atoms with Gasteiger partial charge >= 0.3 is 5.97 Å². The lowest BCUT2D eigenvalue weighted by Gasteiger charge is -2.14. The van der Waals surface area contributed by atoms with Crippen molar-refractivity contribution in [2.24, 2.45) is 5.73 Å². The second-order valence-electron chi connectivity index (χ2n) is 5.63. The number of ether oxygens (including phenoxy) is 4. The van der Waals surface area contributed by atoms with Crippen molar-refractivity contribution in [3.63, 3.8) is 0 Å². The summed E-state index contributed by atoms with van der Waals surface area (Å²) in [7, 11) is 0. The standard InChI is InChI=1S/C17H34N2O7/c1-2-3-4-5-15(17(21)22)19-16(20)14-26-13-12-25-11-10-24-9-8-23-7-6-18/h15H,2-14,18H2,1H3,(H,19,20)(H,21,22)/t15-/m0/s1. The van der Waals surface area contributed by atoms with Crippen LogP contribution >= 0.6 is 0 Å². The Labute approximate surface area is 155 Å². The number of rotatable bonds is 19. The van der Waals surface area contributed by atoms with E-state index in [1.54, 1.807) is 0 Å². The summed E-state index contributed by atoms with van der Waals surface area (Å²) in [6, 6.07) is -0.861. The van der Waals surface area contributed by atoms with Crippen LogP contribution in [0.25, 0.3) is 0 Å². The van der Waals surface area contributed by atoms with Crippen molar-refractivity contribution in [1.29, 1.82) is 0 Å². The molecule has 9 heteroatoms. The fraction of sp³-hybridized carbons (Fsp3) is 0.882. The lowest BCUT2D eigenvalue weighted by molar-refractivity contribution is -0.142. The number of hydrogen-bond donors (Lipinski definition) is 3. The highest BCUT2D eigenvalue weighted by Crippen LogP contribution is 2.03. The highest BCUT2D eigenvalue weighted by atomic mass is 16.6. The predicted octanol–water partition coefficient (Wildman–Crippen LogP) is 0.161. The maximum absolute atomic E-state index is 11.7. The molecular formula is C17H34N2O7. The van der Waals surface area contributed by atoms with Crippen LogP contribution in [-0.4, -0.2) is 82.4 Å². The largest absolute Gasteiger partial charge is 0.480 e. The smallest absolute Gasteiger partial charge is 0.326 e. The van der Waals surface area contributed by atoms with Crippen LogP contribution < -0.4 is 11.1 Å². The zero-order valence-corrected chi connectivity index (χ0v) is 15.7. The van der Waals surface area contributed by atoms with Gasteiger partial charge in [0.2, 0.25) is 5.91 Å². The van der Waals surface area contributed by atoms with Gasteiger partial charge in [-0.3, -0.25) is 4.79 Å². The molecule has 0 bridgehead atoms. The fourth-order valence-electron chi connectivity index (χ4n) is 2.00. The second kappa shape index (κ2) is 18.5. The third-order valence-corrected chi connectivity index (χ3v) is 3.34. The van der Waals surface area contributed by atoms with E-state index < -0.39 is 17.9 Å². The minimum atomic E-state index is -1.02. The van der Waals surface area contributed by atoms with E-state index in [9.17, 15) is 9.59 Å². The Hall–Kier alpha value is -1.26. The molecule has 0 unspecified atom stereocenters. The molecule has 0 aromatic carbocycles. The van der Waals surface area contributed by atoms with Gasteiger partial charge in [0.05, 0.1) is 46.2 Å². The molecule has 26 heavy (non-hydrogen) atoms. The van der Waals surface area contributed by atoms with Crippen LogP contribution in [0, 0.1) is 0 Å². The minimum Gasteiger partial charge on any atom is -0.480 e. The van der Waals surface area contributed by atoms with Crippen molar-refractivity contribution >= 4 is 11.9 Å². The molecule has 9 nitrogen and oxygen atoms in total. The van der Waals surface area contributed by atoms with Gasteiger partial charge in [-0.1, -0.05) is 26.2 Å². The van der Waals surface area contributed by atoms with Gasteiger partial charge in [0.15, 0.2) is 0 Å². The van der Waals surface area contributed by atoms with E-state index >= 15 is 0 Å². The molecule has 154 valence electrons. The van der Waals surface area contributed by atoms with Gasteiger partial charge in [-0.15, -0.1) is 0 Å². The Balaban J connectivity index is 3.50. The summed E-state index contributed by atoms with van der Waals surface area (Å²) in [6.45, 7) is 5.32. The topological polar surface area (TPSA) is 129 Å². The predicted molar refractivity (Wildman–Crippen MR) is 96.0 cm³/mol. The van der Waals surface area contributed by atoms with E-state index in [-0.39, 0.29) is 13.2 Å². The Bertz CT molecular complexity index is 356. The first-order chi connectivity index (χ1) is 12.6. The summed E-state index contributed by atoms with van der Waals surface area (Å²) in [5.74, 6) is -1.46. The molecule has 0 aliphatic carbocycles. The van der Waals surface area contributed by atoms with Crippen molar-refractivity contribution < 1.29 is 33.6 Å². The van der Waals surface area contributed by atoms with Crippen LogP contribution in [-0.2, 0) is 28.5 Å². The zero-order valence-electron chi connectivity index (χ0n) is 15.7. The second-order valence-corrected chi connectivity index (χ2v) is 5.63. The summed E-state index contributed by atoms with van der Waals surface area (Å²) < 4.78 is 20.9. The highest BCUT2D eigenvalue weighted by Gasteiger charge is 2.19. The number of carbonyl (C=O) groups excluding carboxylic acids is 1. The Kier molecular flexibility index (Phi) is 17.6. The van der Waals surface area contributed by atoms with E-state index in [2.05, 4.69) is 5.32 Å². The van der Waals surface area contributed by atoms with Crippen molar-refractivity contribution in [2.45, 2.75) is 38.6 Å². The van der Waals surface area contributed by atoms with Crippen LogP contribution in [0.15, 0.2) is 0 Å². The van der Waals surface area contributed by atoms with Crippen LogP contribution in [0.2, 0.25) is 0 Å². The van der Waals surface area contributed by atoms with Gasteiger partial charge in [0, 0.05) is 6.54 Å². The summed E-state index contributed by atoms with van der Waals surface area (Å²) in [5, 5.41) is 11.6. The number of nitrogens with one attached hydrogen (secondary N) is 1. The SMILES string of the molecule is CCCCC[C@H](NC(=O)COCCOCCOCCOCCN)C(=O)O. The first-order valence-electron chi connectivity index (χ1n) is 9.15. The van der Waals surface area contributed by atoms with Gasteiger partial charge < -0.3 is 35.1 Å². The van der Waals surface area contributed by atoms with Crippen LogP contribution in [0.3, 0.4) is 0 Å². The molecule has 0 heterocycles. The normalized spacial score (nSPS) is 12.1. The fourth-order valence-corrected chi connectivity index (χ4v) is 2.00. The molecule has 0 fully saturated rings. The lowest BCUT2D eigenvalue weighted by atomic mass is 10.1. The molecule has 0 aliphatic rings. The molecule has 0 saturated carbocycles. The maximum Gasteiger partial charge on any atom is 0.326 e. The molecule has 1 amide bonds. The number of carboxylic acids is 1. The van der Waals surface area contributed by atoms with E-state index in [0.29, 0.717) is 52.6 Å². The first-order valence-corrected chi connectivity index (χ1v) is 9.15. The quantitative estimate of drug-likeness (QED) is 0.271. The third-order valence-electron chi connectivity index (χ3n) is 3.34.